The monoisotopic (exact) mass is 312 g/mol. The molecule has 0 aliphatic heterocycles. The molecule has 4 aromatic heterocycles. The average molecular weight is 312 g/mol. The third-order valence-electron chi connectivity index (χ3n) is 4.08. The molecular weight excluding hydrogens is 300 g/mol. The first-order valence-electron chi connectivity index (χ1n) is 7.54. The number of fused-ring (bicyclic) bond motifs is 3. The van der Waals surface area contributed by atoms with Crippen LogP contribution in [0.15, 0.2) is 74.1 Å². The van der Waals surface area contributed by atoms with Gasteiger partial charge >= 0.3 is 0 Å². The Balaban J connectivity index is 1.70. The second-order valence-electron chi connectivity index (χ2n) is 5.54. The topological polar surface area (TPSA) is 61.4 Å². The quantitative estimate of drug-likeness (QED) is 0.470. The highest BCUT2D eigenvalue weighted by Gasteiger charge is 2.07. The van der Waals surface area contributed by atoms with Gasteiger partial charge in [0, 0.05) is 35.6 Å². The van der Waals surface area contributed by atoms with Gasteiger partial charge in [-0.15, -0.1) is 0 Å². The minimum atomic E-state index is 0.897. The Morgan fingerprint density at radius 3 is 1.58 bits per heavy atom. The first kappa shape index (κ1) is 13.0. The van der Waals surface area contributed by atoms with Gasteiger partial charge in [0.25, 0.3) is 0 Å². The molecule has 1 aromatic carbocycles. The summed E-state index contributed by atoms with van der Waals surface area (Å²) < 4.78 is 3.87. The predicted octanol–water partition coefficient (Wildman–Crippen LogP) is 3.15. The van der Waals surface area contributed by atoms with Crippen LogP contribution in [0, 0.1) is 0 Å². The van der Waals surface area contributed by atoms with Gasteiger partial charge in [0.1, 0.15) is 0 Å². The minimum absolute atomic E-state index is 0.897. The molecule has 0 aliphatic carbocycles. The molecule has 114 valence electrons. The number of nitrogens with zero attached hydrogens (tertiary/aromatic N) is 6. The summed E-state index contributed by atoms with van der Waals surface area (Å²) in [4.78, 5) is 17.4. The highest BCUT2D eigenvalue weighted by Crippen LogP contribution is 2.25. The molecule has 4 heterocycles. The third kappa shape index (κ3) is 1.97. The van der Waals surface area contributed by atoms with Crippen LogP contribution in [0.25, 0.3) is 33.2 Å². The lowest BCUT2D eigenvalue weighted by Crippen LogP contribution is -1.95. The van der Waals surface area contributed by atoms with Crippen molar-refractivity contribution in [2.75, 3.05) is 0 Å². The second kappa shape index (κ2) is 4.99. The molecule has 0 unspecified atom stereocenters. The van der Waals surface area contributed by atoms with E-state index in [0.717, 1.165) is 33.2 Å². The van der Waals surface area contributed by atoms with E-state index in [-0.39, 0.29) is 0 Å². The molecule has 6 nitrogen and oxygen atoms in total. The Bertz CT molecular complexity index is 1050. The summed E-state index contributed by atoms with van der Waals surface area (Å²) in [6.07, 6.45) is 14.5. The fourth-order valence-electron chi connectivity index (χ4n) is 2.88. The molecule has 0 bridgehead atoms. The van der Waals surface area contributed by atoms with E-state index >= 15 is 0 Å². The normalized spacial score (nSPS) is 11.3. The van der Waals surface area contributed by atoms with E-state index in [9.17, 15) is 0 Å². The van der Waals surface area contributed by atoms with Crippen molar-refractivity contribution in [1.82, 2.24) is 29.1 Å². The lowest BCUT2D eigenvalue weighted by Gasteiger charge is -2.08. The molecule has 0 radical (unpaired) electrons. The molecule has 0 fully saturated rings. The number of hydrogen-bond donors (Lipinski definition) is 0. The van der Waals surface area contributed by atoms with E-state index in [1.54, 1.807) is 25.0 Å². The fraction of sp³-hybridized carbons (Fsp3) is 0. The fourth-order valence-corrected chi connectivity index (χ4v) is 2.88. The lowest BCUT2D eigenvalue weighted by atomic mass is 10.1. The van der Waals surface area contributed by atoms with Gasteiger partial charge in [0.05, 0.1) is 47.5 Å². The first-order valence-corrected chi connectivity index (χ1v) is 7.54. The SMILES string of the molecule is c1cn(-c2cnc3c(ccc4cc(-n5ccnc5)cnc43)c2)cn1. The van der Waals surface area contributed by atoms with Crippen LogP contribution in [-0.4, -0.2) is 29.1 Å². The number of aromatic nitrogens is 6. The van der Waals surface area contributed by atoms with Gasteiger partial charge in [-0.25, -0.2) is 9.97 Å². The van der Waals surface area contributed by atoms with Gasteiger partial charge in [0.15, 0.2) is 0 Å². The maximum Gasteiger partial charge on any atom is 0.0992 e. The molecule has 0 amide bonds. The van der Waals surface area contributed by atoms with E-state index in [1.807, 2.05) is 33.9 Å². The highest BCUT2D eigenvalue weighted by atomic mass is 15.0. The van der Waals surface area contributed by atoms with Crippen molar-refractivity contribution in [2.24, 2.45) is 0 Å². The Hall–Kier alpha value is -3.54. The third-order valence-corrected chi connectivity index (χ3v) is 4.08. The van der Waals surface area contributed by atoms with Crippen molar-refractivity contribution in [2.45, 2.75) is 0 Å². The van der Waals surface area contributed by atoms with E-state index < -0.39 is 0 Å². The van der Waals surface area contributed by atoms with Crippen LogP contribution in [0.1, 0.15) is 0 Å². The molecule has 0 N–H and O–H groups in total. The molecule has 5 rings (SSSR count). The standard InChI is InChI=1S/C18H12N6/c1-2-14-8-16(24-6-4-20-12-24)10-22-18(14)17-13(1)7-15(9-21-17)23-5-3-19-11-23/h1-12H. The van der Waals surface area contributed by atoms with Crippen LogP contribution in [-0.2, 0) is 0 Å². The van der Waals surface area contributed by atoms with Crippen molar-refractivity contribution in [1.29, 1.82) is 0 Å². The van der Waals surface area contributed by atoms with E-state index in [4.69, 9.17) is 0 Å². The summed E-state index contributed by atoms with van der Waals surface area (Å²) in [7, 11) is 0. The van der Waals surface area contributed by atoms with Gasteiger partial charge < -0.3 is 9.13 Å². The minimum Gasteiger partial charge on any atom is -0.305 e. The van der Waals surface area contributed by atoms with E-state index in [2.05, 4.69) is 44.2 Å². The van der Waals surface area contributed by atoms with Gasteiger partial charge in [-0.1, -0.05) is 12.1 Å². The molecular formula is C18H12N6. The Kier molecular flexibility index (Phi) is 2.69. The Labute approximate surface area is 137 Å². The zero-order valence-corrected chi connectivity index (χ0v) is 12.6. The summed E-state index contributed by atoms with van der Waals surface area (Å²) in [6, 6.07) is 8.33. The molecule has 0 aliphatic rings. The number of imidazole rings is 2. The van der Waals surface area contributed by atoms with Crippen molar-refractivity contribution in [3.8, 4) is 11.4 Å². The van der Waals surface area contributed by atoms with Crippen molar-refractivity contribution in [3.63, 3.8) is 0 Å². The maximum absolute atomic E-state index is 4.63. The summed E-state index contributed by atoms with van der Waals surface area (Å²) in [5.41, 5.74) is 3.76. The molecule has 0 spiro atoms. The number of pyridine rings is 2. The summed E-state index contributed by atoms with van der Waals surface area (Å²) >= 11 is 0. The molecule has 0 saturated carbocycles. The molecule has 0 saturated heterocycles. The molecule has 24 heavy (non-hydrogen) atoms. The second-order valence-corrected chi connectivity index (χ2v) is 5.54. The van der Waals surface area contributed by atoms with Crippen LogP contribution in [0.3, 0.4) is 0 Å². The molecule has 0 atom stereocenters. The van der Waals surface area contributed by atoms with Gasteiger partial charge in [-0.05, 0) is 12.1 Å². The van der Waals surface area contributed by atoms with Gasteiger partial charge in [0.2, 0.25) is 0 Å². The predicted molar refractivity (Wildman–Crippen MR) is 91.3 cm³/mol. The highest BCUT2D eigenvalue weighted by molar-refractivity contribution is 6.03. The smallest absolute Gasteiger partial charge is 0.0992 e. The summed E-state index contributed by atoms with van der Waals surface area (Å²) in [5, 5.41) is 2.10. The Morgan fingerprint density at radius 1 is 0.667 bits per heavy atom. The van der Waals surface area contributed by atoms with Gasteiger partial charge in [-0.3, -0.25) is 9.97 Å². The van der Waals surface area contributed by atoms with Gasteiger partial charge in [-0.2, -0.15) is 0 Å². The number of benzene rings is 1. The van der Waals surface area contributed by atoms with Crippen molar-refractivity contribution in [3.05, 3.63) is 74.1 Å². The molecule has 6 heteroatoms. The zero-order chi connectivity index (χ0) is 15.9. The summed E-state index contributed by atoms with van der Waals surface area (Å²) in [6.45, 7) is 0. The zero-order valence-electron chi connectivity index (χ0n) is 12.6. The van der Waals surface area contributed by atoms with E-state index in [1.165, 1.54) is 0 Å². The van der Waals surface area contributed by atoms with Crippen LogP contribution in [0.4, 0.5) is 0 Å². The summed E-state index contributed by atoms with van der Waals surface area (Å²) in [5.74, 6) is 0. The van der Waals surface area contributed by atoms with Crippen LogP contribution < -0.4 is 0 Å². The van der Waals surface area contributed by atoms with Crippen LogP contribution in [0.2, 0.25) is 0 Å². The number of hydrogen-bond acceptors (Lipinski definition) is 4. The molecule has 5 aromatic rings. The largest absolute Gasteiger partial charge is 0.305 e. The van der Waals surface area contributed by atoms with E-state index in [0.29, 0.717) is 0 Å². The lowest BCUT2D eigenvalue weighted by molar-refractivity contribution is 1.04. The first-order chi connectivity index (χ1) is 11.9. The van der Waals surface area contributed by atoms with Crippen molar-refractivity contribution < 1.29 is 0 Å². The maximum atomic E-state index is 4.63. The number of rotatable bonds is 2. The van der Waals surface area contributed by atoms with Crippen LogP contribution >= 0.6 is 0 Å². The Morgan fingerprint density at radius 2 is 1.17 bits per heavy atom. The average Bonchev–Trinajstić information content (AvgIpc) is 3.34. The van der Waals surface area contributed by atoms with Crippen LogP contribution in [0.5, 0.6) is 0 Å². The van der Waals surface area contributed by atoms with Crippen molar-refractivity contribution >= 4 is 21.8 Å².